The third-order valence-electron chi connectivity index (χ3n) is 1.96. The Kier molecular flexibility index (Phi) is 2.33. The van der Waals surface area contributed by atoms with Crippen LogP contribution in [-0.2, 0) is 6.54 Å². The molecule has 0 N–H and O–H groups in total. The average Bonchev–Trinajstić information content (AvgIpc) is 2.68. The van der Waals surface area contributed by atoms with Crippen LogP contribution in [0.2, 0.25) is 0 Å². The second-order valence-corrected chi connectivity index (χ2v) is 2.97. The van der Waals surface area contributed by atoms with E-state index in [1.807, 2.05) is 42.6 Å². The van der Waals surface area contributed by atoms with Crippen LogP contribution in [0, 0.1) is 12.3 Å². The van der Waals surface area contributed by atoms with Crippen molar-refractivity contribution in [2.75, 3.05) is 0 Å². The van der Waals surface area contributed by atoms with Crippen molar-refractivity contribution in [3.05, 3.63) is 42.6 Å². The van der Waals surface area contributed by atoms with Crippen LogP contribution in [0.15, 0.2) is 42.6 Å². The molecule has 0 atom stereocenters. The summed E-state index contributed by atoms with van der Waals surface area (Å²) >= 11 is 0. The molecule has 0 amide bonds. The van der Waals surface area contributed by atoms with Crippen LogP contribution >= 0.6 is 0 Å². The lowest BCUT2D eigenvalue weighted by Crippen LogP contribution is -1.95. The van der Waals surface area contributed by atoms with Crippen LogP contribution in [0.3, 0.4) is 0 Å². The lowest BCUT2D eigenvalue weighted by atomic mass is 10.2. The average molecular weight is 182 g/mol. The number of hydrogen-bond acceptors (Lipinski definition) is 1. The largest absolute Gasteiger partial charge is 0.260 e. The first kappa shape index (κ1) is 8.58. The van der Waals surface area contributed by atoms with Crippen LogP contribution < -0.4 is 0 Å². The van der Waals surface area contributed by atoms with Gasteiger partial charge in [0.25, 0.3) is 0 Å². The molecule has 0 aliphatic rings. The SMILES string of the molecule is C#CCn1ccc(-c2ccccc2)n1. The van der Waals surface area contributed by atoms with Gasteiger partial charge in [-0.15, -0.1) is 6.42 Å². The van der Waals surface area contributed by atoms with Crippen LogP contribution in [0.4, 0.5) is 0 Å². The molecule has 0 radical (unpaired) electrons. The van der Waals surface area contributed by atoms with Gasteiger partial charge >= 0.3 is 0 Å². The number of aromatic nitrogens is 2. The molecule has 0 aliphatic carbocycles. The van der Waals surface area contributed by atoms with Crippen molar-refractivity contribution < 1.29 is 0 Å². The third kappa shape index (κ3) is 1.67. The van der Waals surface area contributed by atoms with Gasteiger partial charge < -0.3 is 0 Å². The van der Waals surface area contributed by atoms with E-state index < -0.39 is 0 Å². The minimum absolute atomic E-state index is 0.521. The fourth-order valence-electron chi connectivity index (χ4n) is 1.31. The molecule has 0 spiro atoms. The summed E-state index contributed by atoms with van der Waals surface area (Å²) in [6.45, 7) is 0.521. The highest BCUT2D eigenvalue weighted by Gasteiger charge is 1.99. The van der Waals surface area contributed by atoms with E-state index in [0.717, 1.165) is 11.3 Å². The summed E-state index contributed by atoms with van der Waals surface area (Å²) in [4.78, 5) is 0. The minimum atomic E-state index is 0.521. The van der Waals surface area contributed by atoms with E-state index in [1.54, 1.807) is 4.68 Å². The minimum Gasteiger partial charge on any atom is -0.260 e. The fraction of sp³-hybridized carbons (Fsp3) is 0.0833. The number of benzene rings is 1. The highest BCUT2D eigenvalue weighted by Crippen LogP contribution is 2.15. The highest BCUT2D eigenvalue weighted by atomic mass is 15.3. The maximum atomic E-state index is 5.20. The molecule has 2 rings (SSSR count). The van der Waals surface area contributed by atoms with Gasteiger partial charge in [-0.05, 0) is 6.07 Å². The molecule has 1 heterocycles. The molecule has 2 nitrogen and oxygen atoms in total. The zero-order valence-corrected chi connectivity index (χ0v) is 7.72. The Labute approximate surface area is 83.2 Å². The maximum absolute atomic E-state index is 5.20. The van der Waals surface area contributed by atoms with Gasteiger partial charge in [-0.2, -0.15) is 5.10 Å². The van der Waals surface area contributed by atoms with E-state index in [4.69, 9.17) is 6.42 Å². The molecule has 2 heteroatoms. The second kappa shape index (κ2) is 3.80. The van der Waals surface area contributed by atoms with Gasteiger partial charge in [0.05, 0.1) is 5.69 Å². The Morgan fingerprint density at radius 3 is 2.71 bits per heavy atom. The number of nitrogens with zero attached hydrogens (tertiary/aromatic N) is 2. The predicted molar refractivity (Wildman–Crippen MR) is 56.5 cm³/mol. The summed E-state index contributed by atoms with van der Waals surface area (Å²) in [5, 5.41) is 4.34. The summed E-state index contributed by atoms with van der Waals surface area (Å²) in [6, 6.07) is 12.0. The summed E-state index contributed by atoms with van der Waals surface area (Å²) in [5.74, 6) is 2.55. The van der Waals surface area contributed by atoms with Crippen molar-refractivity contribution in [3.63, 3.8) is 0 Å². The van der Waals surface area contributed by atoms with E-state index in [0.29, 0.717) is 6.54 Å². The lowest BCUT2D eigenvalue weighted by Gasteiger charge is -1.95. The first-order valence-corrected chi connectivity index (χ1v) is 4.42. The van der Waals surface area contributed by atoms with Crippen molar-refractivity contribution in [3.8, 4) is 23.6 Å². The molecule has 0 bridgehead atoms. The van der Waals surface area contributed by atoms with Gasteiger partial charge in [0.1, 0.15) is 6.54 Å². The number of hydrogen-bond donors (Lipinski definition) is 0. The molecular weight excluding hydrogens is 172 g/mol. The molecule has 0 aliphatic heterocycles. The zero-order chi connectivity index (χ0) is 9.80. The van der Waals surface area contributed by atoms with Crippen molar-refractivity contribution in [2.45, 2.75) is 6.54 Å². The molecular formula is C12H10N2. The van der Waals surface area contributed by atoms with E-state index in [-0.39, 0.29) is 0 Å². The Morgan fingerprint density at radius 2 is 2.00 bits per heavy atom. The fourth-order valence-corrected chi connectivity index (χ4v) is 1.31. The topological polar surface area (TPSA) is 17.8 Å². The van der Waals surface area contributed by atoms with Crippen molar-refractivity contribution >= 4 is 0 Å². The van der Waals surface area contributed by atoms with Crippen molar-refractivity contribution in [1.82, 2.24) is 9.78 Å². The molecule has 0 saturated carbocycles. The Hall–Kier alpha value is -2.01. The van der Waals surface area contributed by atoms with Crippen molar-refractivity contribution in [1.29, 1.82) is 0 Å². The Balaban J connectivity index is 2.31. The van der Waals surface area contributed by atoms with E-state index >= 15 is 0 Å². The number of terminal acetylenes is 1. The van der Waals surface area contributed by atoms with Gasteiger partial charge in [-0.25, -0.2) is 0 Å². The van der Waals surface area contributed by atoms with E-state index in [2.05, 4.69) is 11.0 Å². The van der Waals surface area contributed by atoms with Crippen molar-refractivity contribution in [2.24, 2.45) is 0 Å². The van der Waals surface area contributed by atoms with Gasteiger partial charge in [0.2, 0.25) is 0 Å². The van der Waals surface area contributed by atoms with Crippen LogP contribution in [-0.4, -0.2) is 9.78 Å². The van der Waals surface area contributed by atoms with Gasteiger partial charge in [0.15, 0.2) is 0 Å². The maximum Gasteiger partial charge on any atom is 0.101 e. The highest BCUT2D eigenvalue weighted by molar-refractivity contribution is 5.57. The third-order valence-corrected chi connectivity index (χ3v) is 1.96. The van der Waals surface area contributed by atoms with Gasteiger partial charge in [-0.1, -0.05) is 36.3 Å². The van der Waals surface area contributed by atoms with E-state index in [1.165, 1.54) is 0 Å². The Morgan fingerprint density at radius 1 is 1.21 bits per heavy atom. The van der Waals surface area contributed by atoms with Gasteiger partial charge in [0, 0.05) is 11.8 Å². The smallest absolute Gasteiger partial charge is 0.101 e. The molecule has 0 fully saturated rings. The van der Waals surface area contributed by atoms with Crippen LogP contribution in [0.1, 0.15) is 0 Å². The molecule has 1 aromatic carbocycles. The molecule has 0 unspecified atom stereocenters. The Bertz CT molecular complexity index is 449. The summed E-state index contributed by atoms with van der Waals surface area (Å²) in [6.07, 6.45) is 7.09. The predicted octanol–water partition coefficient (Wildman–Crippen LogP) is 2.18. The normalized spacial score (nSPS) is 9.64. The zero-order valence-electron chi connectivity index (χ0n) is 7.72. The molecule has 1 aromatic heterocycles. The van der Waals surface area contributed by atoms with E-state index in [9.17, 15) is 0 Å². The first-order chi connectivity index (χ1) is 6.90. The lowest BCUT2D eigenvalue weighted by molar-refractivity contribution is 0.718. The summed E-state index contributed by atoms with van der Waals surface area (Å²) in [7, 11) is 0. The molecule has 68 valence electrons. The first-order valence-electron chi connectivity index (χ1n) is 4.42. The quantitative estimate of drug-likeness (QED) is 0.651. The molecule has 0 saturated heterocycles. The summed E-state index contributed by atoms with van der Waals surface area (Å²) in [5.41, 5.74) is 2.07. The number of rotatable bonds is 2. The monoisotopic (exact) mass is 182 g/mol. The standard InChI is InChI=1S/C12H10N2/c1-2-9-14-10-8-12(13-14)11-6-4-3-5-7-11/h1,3-8,10H,9H2. The molecule has 2 aromatic rings. The van der Waals surface area contributed by atoms with Gasteiger partial charge in [-0.3, -0.25) is 4.68 Å². The van der Waals surface area contributed by atoms with Crippen LogP contribution in [0.25, 0.3) is 11.3 Å². The molecule has 14 heavy (non-hydrogen) atoms. The van der Waals surface area contributed by atoms with Crippen LogP contribution in [0.5, 0.6) is 0 Å². The summed E-state index contributed by atoms with van der Waals surface area (Å²) < 4.78 is 1.75. The second-order valence-electron chi connectivity index (χ2n) is 2.97.